The topological polar surface area (TPSA) is 40.5 Å². The first-order valence-corrected chi connectivity index (χ1v) is 6.80. The quantitative estimate of drug-likeness (QED) is 0.886. The first kappa shape index (κ1) is 11.7. The third-order valence-corrected chi connectivity index (χ3v) is 4.31. The SMILES string of the molecule is O=C(O)C(c1ccccc1)(C1CC1)N1CCCC1. The van der Waals surface area contributed by atoms with Crippen LogP contribution in [0.1, 0.15) is 31.2 Å². The second-order valence-corrected chi connectivity index (χ2v) is 5.41. The lowest BCUT2D eigenvalue weighted by Gasteiger charge is -2.39. The summed E-state index contributed by atoms with van der Waals surface area (Å²) in [6.07, 6.45) is 4.32. The summed E-state index contributed by atoms with van der Waals surface area (Å²) in [5.41, 5.74) is 0.194. The van der Waals surface area contributed by atoms with E-state index in [1.807, 2.05) is 30.3 Å². The Morgan fingerprint density at radius 1 is 1.17 bits per heavy atom. The molecule has 1 heterocycles. The fraction of sp³-hybridized carbons (Fsp3) is 0.533. The van der Waals surface area contributed by atoms with Gasteiger partial charge in [-0.25, -0.2) is 4.79 Å². The molecule has 1 saturated carbocycles. The van der Waals surface area contributed by atoms with E-state index in [0.29, 0.717) is 0 Å². The van der Waals surface area contributed by atoms with Crippen LogP contribution in [0.4, 0.5) is 0 Å². The van der Waals surface area contributed by atoms with Gasteiger partial charge in [-0.15, -0.1) is 0 Å². The number of hydrogen-bond acceptors (Lipinski definition) is 2. The minimum atomic E-state index is -0.766. The maximum absolute atomic E-state index is 12.0. The zero-order chi connectivity index (χ0) is 12.6. The monoisotopic (exact) mass is 245 g/mol. The largest absolute Gasteiger partial charge is 0.480 e. The molecule has 1 aliphatic heterocycles. The van der Waals surface area contributed by atoms with Crippen LogP contribution in [0.5, 0.6) is 0 Å². The van der Waals surface area contributed by atoms with Crippen LogP contribution in [0.2, 0.25) is 0 Å². The van der Waals surface area contributed by atoms with Crippen LogP contribution in [-0.4, -0.2) is 29.1 Å². The minimum absolute atomic E-state index is 0.287. The first-order valence-electron chi connectivity index (χ1n) is 6.80. The summed E-state index contributed by atoms with van der Waals surface area (Å²) in [6, 6.07) is 9.81. The number of rotatable bonds is 4. The first-order chi connectivity index (χ1) is 8.76. The number of nitrogens with zero attached hydrogens (tertiary/aromatic N) is 1. The highest BCUT2D eigenvalue weighted by molar-refractivity contribution is 5.82. The van der Waals surface area contributed by atoms with Gasteiger partial charge in [-0.2, -0.15) is 0 Å². The van der Waals surface area contributed by atoms with Crippen molar-refractivity contribution in [1.29, 1.82) is 0 Å². The summed E-state index contributed by atoms with van der Waals surface area (Å²) in [5.74, 6) is -0.381. The zero-order valence-electron chi connectivity index (χ0n) is 10.5. The van der Waals surface area contributed by atoms with E-state index < -0.39 is 11.5 Å². The molecule has 2 aliphatic rings. The predicted molar refractivity (Wildman–Crippen MR) is 69.3 cm³/mol. The summed E-state index contributed by atoms with van der Waals surface area (Å²) in [5, 5.41) is 9.91. The van der Waals surface area contributed by atoms with Crippen molar-refractivity contribution in [2.24, 2.45) is 5.92 Å². The summed E-state index contributed by atoms with van der Waals surface area (Å²) < 4.78 is 0. The normalized spacial score (nSPS) is 23.8. The van der Waals surface area contributed by atoms with Gasteiger partial charge in [-0.05, 0) is 50.3 Å². The Hall–Kier alpha value is -1.35. The smallest absolute Gasteiger partial charge is 0.329 e. The van der Waals surface area contributed by atoms with Crippen LogP contribution in [0.15, 0.2) is 30.3 Å². The Balaban J connectivity index is 2.08. The molecule has 1 unspecified atom stereocenters. The van der Waals surface area contributed by atoms with Crippen LogP contribution < -0.4 is 0 Å². The van der Waals surface area contributed by atoms with Crippen LogP contribution in [-0.2, 0) is 10.3 Å². The fourth-order valence-electron chi connectivity index (χ4n) is 3.37. The van der Waals surface area contributed by atoms with E-state index in [-0.39, 0.29) is 5.92 Å². The predicted octanol–water partition coefficient (Wildman–Crippen LogP) is 2.47. The highest BCUT2D eigenvalue weighted by Crippen LogP contribution is 2.50. The second kappa shape index (κ2) is 4.39. The van der Waals surface area contributed by atoms with Crippen molar-refractivity contribution in [1.82, 2.24) is 4.90 Å². The van der Waals surface area contributed by atoms with Gasteiger partial charge in [-0.1, -0.05) is 30.3 Å². The highest BCUT2D eigenvalue weighted by Gasteiger charge is 2.56. The molecule has 1 aromatic rings. The van der Waals surface area contributed by atoms with Gasteiger partial charge in [0.05, 0.1) is 0 Å². The number of carbonyl (C=O) groups is 1. The van der Waals surface area contributed by atoms with Crippen molar-refractivity contribution in [3.63, 3.8) is 0 Å². The average Bonchev–Trinajstić information content (AvgIpc) is 3.07. The van der Waals surface area contributed by atoms with E-state index in [0.717, 1.165) is 44.3 Å². The Bertz CT molecular complexity index is 435. The number of carboxylic acid groups (broad SMARTS) is 1. The molecule has 96 valence electrons. The number of hydrogen-bond donors (Lipinski definition) is 1. The van der Waals surface area contributed by atoms with Crippen molar-refractivity contribution in [2.45, 2.75) is 31.2 Å². The van der Waals surface area contributed by atoms with Gasteiger partial charge in [0, 0.05) is 0 Å². The Labute approximate surface area is 107 Å². The summed E-state index contributed by atoms with van der Waals surface area (Å²) in [7, 11) is 0. The third kappa shape index (κ3) is 1.65. The molecule has 0 bridgehead atoms. The molecule has 1 saturated heterocycles. The molecule has 1 N–H and O–H groups in total. The summed E-state index contributed by atoms with van der Waals surface area (Å²) in [6.45, 7) is 1.83. The zero-order valence-corrected chi connectivity index (χ0v) is 10.5. The summed E-state index contributed by atoms with van der Waals surface area (Å²) >= 11 is 0. The molecule has 0 amide bonds. The van der Waals surface area contributed by atoms with Gasteiger partial charge in [0.25, 0.3) is 0 Å². The van der Waals surface area contributed by atoms with Crippen molar-refractivity contribution in [3.05, 3.63) is 35.9 Å². The van der Waals surface area contributed by atoms with Gasteiger partial charge in [0.1, 0.15) is 5.54 Å². The standard InChI is InChI=1S/C15H19NO2/c17-14(18)15(13-8-9-13,16-10-4-5-11-16)12-6-2-1-3-7-12/h1-3,6-7,13H,4-5,8-11H2,(H,17,18). The molecule has 1 atom stereocenters. The second-order valence-electron chi connectivity index (χ2n) is 5.41. The highest BCUT2D eigenvalue weighted by atomic mass is 16.4. The van der Waals surface area contributed by atoms with Crippen molar-refractivity contribution in [2.75, 3.05) is 13.1 Å². The molecule has 1 aliphatic carbocycles. The molecule has 2 fully saturated rings. The number of benzene rings is 1. The maximum Gasteiger partial charge on any atom is 0.329 e. The van der Waals surface area contributed by atoms with E-state index in [4.69, 9.17) is 0 Å². The minimum Gasteiger partial charge on any atom is -0.480 e. The number of aliphatic carboxylic acids is 1. The Morgan fingerprint density at radius 2 is 1.78 bits per heavy atom. The van der Waals surface area contributed by atoms with E-state index in [1.165, 1.54) is 0 Å². The van der Waals surface area contributed by atoms with Gasteiger partial charge in [-0.3, -0.25) is 4.90 Å². The lowest BCUT2D eigenvalue weighted by atomic mass is 9.83. The van der Waals surface area contributed by atoms with E-state index in [2.05, 4.69) is 4.90 Å². The molecular weight excluding hydrogens is 226 g/mol. The van der Waals surface area contributed by atoms with Crippen molar-refractivity contribution >= 4 is 5.97 Å². The van der Waals surface area contributed by atoms with Gasteiger partial charge >= 0.3 is 5.97 Å². The lowest BCUT2D eigenvalue weighted by Crippen LogP contribution is -2.52. The molecule has 0 radical (unpaired) electrons. The fourth-order valence-corrected chi connectivity index (χ4v) is 3.37. The summed E-state index contributed by atoms with van der Waals surface area (Å²) in [4.78, 5) is 14.2. The molecule has 3 nitrogen and oxygen atoms in total. The average molecular weight is 245 g/mol. The van der Waals surface area contributed by atoms with Gasteiger partial charge in [0.2, 0.25) is 0 Å². The molecular formula is C15H19NO2. The Kier molecular flexibility index (Phi) is 2.86. The lowest BCUT2D eigenvalue weighted by molar-refractivity contribution is -0.153. The third-order valence-electron chi connectivity index (χ3n) is 4.31. The number of carboxylic acids is 1. The van der Waals surface area contributed by atoms with E-state index in [9.17, 15) is 9.90 Å². The van der Waals surface area contributed by atoms with Crippen LogP contribution in [0.3, 0.4) is 0 Å². The van der Waals surface area contributed by atoms with Crippen LogP contribution in [0, 0.1) is 5.92 Å². The van der Waals surface area contributed by atoms with Crippen molar-refractivity contribution in [3.8, 4) is 0 Å². The molecule has 0 aromatic heterocycles. The van der Waals surface area contributed by atoms with Crippen LogP contribution in [0.25, 0.3) is 0 Å². The number of likely N-dealkylation sites (tertiary alicyclic amines) is 1. The van der Waals surface area contributed by atoms with Crippen molar-refractivity contribution < 1.29 is 9.90 Å². The molecule has 0 spiro atoms. The molecule has 1 aromatic carbocycles. The molecule has 3 rings (SSSR count). The van der Waals surface area contributed by atoms with E-state index >= 15 is 0 Å². The maximum atomic E-state index is 12.0. The van der Waals surface area contributed by atoms with Gasteiger partial charge in [0.15, 0.2) is 0 Å². The Morgan fingerprint density at radius 3 is 2.28 bits per heavy atom. The molecule has 18 heavy (non-hydrogen) atoms. The van der Waals surface area contributed by atoms with E-state index in [1.54, 1.807) is 0 Å². The van der Waals surface area contributed by atoms with Crippen LogP contribution >= 0.6 is 0 Å². The molecule has 3 heteroatoms. The van der Waals surface area contributed by atoms with Gasteiger partial charge < -0.3 is 5.11 Å².